The van der Waals surface area contributed by atoms with Gasteiger partial charge in [0.2, 0.25) is 0 Å². The molecule has 1 aliphatic rings. The Morgan fingerprint density at radius 3 is 2.72 bits per heavy atom. The van der Waals surface area contributed by atoms with Gasteiger partial charge < -0.3 is 18.6 Å². The van der Waals surface area contributed by atoms with E-state index in [1.807, 2.05) is 37.3 Å². The molecule has 0 fully saturated rings. The van der Waals surface area contributed by atoms with Crippen LogP contribution in [0.15, 0.2) is 68.3 Å². The maximum absolute atomic E-state index is 12.6. The molecule has 0 radical (unpaired) electrons. The molecule has 2 heterocycles. The smallest absolute Gasteiger partial charge is 0.344 e. The Balaban J connectivity index is 1.49. The van der Waals surface area contributed by atoms with Gasteiger partial charge >= 0.3 is 5.63 Å². The van der Waals surface area contributed by atoms with Gasteiger partial charge in [0.05, 0.1) is 12.2 Å². The van der Waals surface area contributed by atoms with Gasteiger partial charge in [0.25, 0.3) is 0 Å². The largest absolute Gasteiger partial charge is 0.489 e. The average Bonchev–Trinajstić information content (AvgIpc) is 2.79. The molecule has 0 bridgehead atoms. The van der Waals surface area contributed by atoms with Crippen molar-refractivity contribution in [3.8, 4) is 22.6 Å². The molecular formula is C25H18BrClO5. The van der Waals surface area contributed by atoms with Gasteiger partial charge in [0.1, 0.15) is 23.7 Å². The maximum atomic E-state index is 12.6. The molecule has 3 aromatic carbocycles. The topological polar surface area (TPSA) is 57.9 Å². The molecule has 5 nitrogen and oxygen atoms in total. The summed E-state index contributed by atoms with van der Waals surface area (Å²) in [6.45, 7) is 2.96. The zero-order valence-corrected chi connectivity index (χ0v) is 19.5. The molecule has 0 amide bonds. The second-order valence-electron chi connectivity index (χ2n) is 7.51. The van der Waals surface area contributed by atoms with Crippen molar-refractivity contribution in [2.24, 2.45) is 0 Å². The molecule has 1 aromatic heterocycles. The second kappa shape index (κ2) is 8.62. The number of ether oxygens (including phenoxy) is 3. The molecule has 162 valence electrons. The molecule has 0 atom stereocenters. The number of aryl methyl sites for hydroxylation is 1. The summed E-state index contributed by atoms with van der Waals surface area (Å²) in [6.07, 6.45) is 0. The van der Waals surface area contributed by atoms with Crippen LogP contribution in [-0.4, -0.2) is 6.79 Å². The first-order valence-electron chi connectivity index (χ1n) is 9.97. The number of rotatable bonds is 4. The summed E-state index contributed by atoms with van der Waals surface area (Å²) < 4.78 is 23.7. The first kappa shape index (κ1) is 21.1. The summed E-state index contributed by atoms with van der Waals surface area (Å²) in [7, 11) is 0. The van der Waals surface area contributed by atoms with Crippen LogP contribution in [0.1, 0.15) is 16.7 Å². The van der Waals surface area contributed by atoms with Crippen molar-refractivity contribution in [3.05, 3.63) is 91.2 Å². The number of fused-ring (bicyclic) bond motifs is 2. The van der Waals surface area contributed by atoms with Crippen LogP contribution in [-0.2, 0) is 18.0 Å². The summed E-state index contributed by atoms with van der Waals surface area (Å²) in [6, 6.07) is 16.5. The quantitative estimate of drug-likeness (QED) is 0.287. The predicted octanol–water partition coefficient (Wildman–Crippen LogP) is 6.63. The molecule has 0 saturated heterocycles. The van der Waals surface area contributed by atoms with E-state index in [0.29, 0.717) is 35.1 Å². The molecule has 32 heavy (non-hydrogen) atoms. The van der Waals surface area contributed by atoms with Crippen LogP contribution in [0, 0.1) is 6.92 Å². The highest BCUT2D eigenvalue weighted by Gasteiger charge is 2.18. The fourth-order valence-corrected chi connectivity index (χ4v) is 4.57. The first-order chi connectivity index (χ1) is 15.5. The van der Waals surface area contributed by atoms with E-state index in [1.165, 1.54) is 0 Å². The Labute approximate surface area is 197 Å². The SMILES string of the molecule is Cc1c(-c2ccc(Cl)cc2)c(=O)oc2ccc(OCc3cc(Br)cc4c3OCOC4)cc12. The molecule has 0 unspecified atom stereocenters. The average molecular weight is 514 g/mol. The van der Waals surface area contributed by atoms with E-state index >= 15 is 0 Å². The lowest BCUT2D eigenvalue weighted by atomic mass is 9.99. The highest BCUT2D eigenvalue weighted by atomic mass is 79.9. The lowest BCUT2D eigenvalue weighted by Gasteiger charge is -2.21. The van der Waals surface area contributed by atoms with Crippen LogP contribution in [0.25, 0.3) is 22.1 Å². The molecule has 5 rings (SSSR count). The Hall–Kier alpha value is -2.80. The highest BCUT2D eigenvalue weighted by Crippen LogP contribution is 2.34. The molecule has 1 aliphatic heterocycles. The van der Waals surface area contributed by atoms with Crippen molar-refractivity contribution in [3.63, 3.8) is 0 Å². The number of halogens is 2. The van der Waals surface area contributed by atoms with Gasteiger partial charge in [-0.05, 0) is 60.5 Å². The van der Waals surface area contributed by atoms with Gasteiger partial charge in [0.15, 0.2) is 6.79 Å². The van der Waals surface area contributed by atoms with Crippen LogP contribution < -0.4 is 15.1 Å². The third-order valence-corrected chi connectivity index (χ3v) is 6.13. The predicted molar refractivity (Wildman–Crippen MR) is 126 cm³/mol. The Kier molecular flexibility index (Phi) is 5.67. The van der Waals surface area contributed by atoms with Crippen molar-refractivity contribution in [1.29, 1.82) is 0 Å². The van der Waals surface area contributed by atoms with Crippen LogP contribution in [0.3, 0.4) is 0 Å². The zero-order valence-electron chi connectivity index (χ0n) is 17.1. The van der Waals surface area contributed by atoms with Crippen LogP contribution in [0.2, 0.25) is 5.02 Å². The fourth-order valence-electron chi connectivity index (χ4n) is 3.90. The third-order valence-electron chi connectivity index (χ3n) is 5.42. The Morgan fingerprint density at radius 1 is 1.09 bits per heavy atom. The van der Waals surface area contributed by atoms with Gasteiger partial charge in [-0.25, -0.2) is 4.79 Å². The minimum atomic E-state index is -0.383. The van der Waals surface area contributed by atoms with E-state index in [4.69, 9.17) is 30.2 Å². The summed E-state index contributed by atoms with van der Waals surface area (Å²) in [5.74, 6) is 1.46. The van der Waals surface area contributed by atoms with Crippen LogP contribution >= 0.6 is 27.5 Å². The summed E-state index contributed by atoms with van der Waals surface area (Å²) >= 11 is 9.53. The van der Waals surface area contributed by atoms with E-state index in [9.17, 15) is 4.79 Å². The van der Waals surface area contributed by atoms with E-state index in [0.717, 1.165) is 37.9 Å². The van der Waals surface area contributed by atoms with E-state index in [1.54, 1.807) is 24.3 Å². The fraction of sp³-hybridized carbons (Fsp3) is 0.160. The molecule has 4 aromatic rings. The highest BCUT2D eigenvalue weighted by molar-refractivity contribution is 9.10. The molecule has 0 spiro atoms. The first-order valence-corrected chi connectivity index (χ1v) is 11.1. The van der Waals surface area contributed by atoms with Crippen molar-refractivity contribution in [2.45, 2.75) is 20.1 Å². The lowest BCUT2D eigenvalue weighted by molar-refractivity contribution is -0.0176. The van der Waals surface area contributed by atoms with Crippen LogP contribution in [0.4, 0.5) is 0 Å². The normalized spacial score (nSPS) is 13.0. The monoisotopic (exact) mass is 512 g/mol. The summed E-state index contributed by atoms with van der Waals surface area (Å²) in [5.41, 5.74) is 4.13. The van der Waals surface area contributed by atoms with E-state index in [2.05, 4.69) is 15.9 Å². The van der Waals surface area contributed by atoms with Crippen molar-refractivity contribution in [1.82, 2.24) is 0 Å². The molecule has 0 saturated carbocycles. The Bertz CT molecular complexity index is 1380. The number of hydrogen-bond donors (Lipinski definition) is 0. The van der Waals surface area contributed by atoms with E-state index in [-0.39, 0.29) is 12.4 Å². The van der Waals surface area contributed by atoms with Gasteiger partial charge in [-0.15, -0.1) is 0 Å². The summed E-state index contributed by atoms with van der Waals surface area (Å²) in [4.78, 5) is 12.6. The standard InChI is InChI=1S/C25H18BrClO5/c1-14-21-10-20(30-12-17-9-18(26)8-16-11-29-13-31-24(16)17)6-7-22(21)32-25(28)23(14)15-2-4-19(27)5-3-15/h2-10H,11-13H2,1H3. The third kappa shape index (κ3) is 4.01. The number of hydrogen-bond acceptors (Lipinski definition) is 5. The minimum Gasteiger partial charge on any atom is -0.489 e. The maximum Gasteiger partial charge on any atom is 0.344 e. The molecular weight excluding hydrogens is 496 g/mol. The second-order valence-corrected chi connectivity index (χ2v) is 8.86. The lowest BCUT2D eigenvalue weighted by Crippen LogP contribution is -2.14. The van der Waals surface area contributed by atoms with Gasteiger partial charge in [0, 0.05) is 26.0 Å². The van der Waals surface area contributed by atoms with Crippen molar-refractivity contribution in [2.75, 3.05) is 6.79 Å². The van der Waals surface area contributed by atoms with Gasteiger partial charge in [-0.1, -0.05) is 39.7 Å². The van der Waals surface area contributed by atoms with E-state index < -0.39 is 0 Å². The molecule has 0 N–H and O–H groups in total. The van der Waals surface area contributed by atoms with Crippen LogP contribution in [0.5, 0.6) is 11.5 Å². The van der Waals surface area contributed by atoms with Crippen molar-refractivity contribution >= 4 is 38.5 Å². The molecule has 0 aliphatic carbocycles. The zero-order chi connectivity index (χ0) is 22.2. The summed E-state index contributed by atoms with van der Waals surface area (Å²) in [5, 5.41) is 1.42. The minimum absolute atomic E-state index is 0.226. The van der Waals surface area contributed by atoms with Gasteiger partial charge in [-0.2, -0.15) is 0 Å². The number of benzene rings is 3. The molecule has 7 heteroatoms. The van der Waals surface area contributed by atoms with Gasteiger partial charge in [-0.3, -0.25) is 0 Å². The van der Waals surface area contributed by atoms with Crippen molar-refractivity contribution < 1.29 is 18.6 Å². The Morgan fingerprint density at radius 2 is 1.91 bits per heavy atom.